The highest BCUT2D eigenvalue weighted by Crippen LogP contribution is 2.20. The van der Waals surface area contributed by atoms with Gasteiger partial charge in [0.05, 0.1) is 0 Å². The van der Waals surface area contributed by atoms with Crippen molar-refractivity contribution < 1.29 is 4.39 Å². The molecule has 0 radical (unpaired) electrons. The molecule has 1 aliphatic rings. The largest absolute Gasteiger partial charge is 0.298 e. The van der Waals surface area contributed by atoms with Gasteiger partial charge in [-0.3, -0.25) is 4.90 Å². The molecule has 1 saturated heterocycles. The van der Waals surface area contributed by atoms with Crippen molar-refractivity contribution >= 4 is 0 Å². The molecule has 0 aromatic heterocycles. The Labute approximate surface area is 74.9 Å². The van der Waals surface area contributed by atoms with Crippen molar-refractivity contribution in [3.63, 3.8) is 0 Å². The van der Waals surface area contributed by atoms with Crippen molar-refractivity contribution in [3.8, 4) is 0 Å². The van der Waals surface area contributed by atoms with Crippen LogP contribution in [-0.4, -0.2) is 29.7 Å². The minimum Gasteiger partial charge on any atom is -0.298 e. The second-order valence-electron chi connectivity index (χ2n) is 4.53. The Kier molecular flexibility index (Phi) is 3.10. The molecule has 0 aromatic carbocycles. The van der Waals surface area contributed by atoms with E-state index in [4.69, 9.17) is 0 Å². The van der Waals surface area contributed by atoms with E-state index in [2.05, 4.69) is 11.8 Å². The molecule has 12 heavy (non-hydrogen) atoms. The van der Waals surface area contributed by atoms with Crippen LogP contribution in [0.1, 0.15) is 40.0 Å². The van der Waals surface area contributed by atoms with Crippen LogP contribution >= 0.6 is 0 Å². The monoisotopic (exact) mass is 173 g/mol. The van der Waals surface area contributed by atoms with Crippen LogP contribution in [0.15, 0.2) is 0 Å². The molecule has 0 N–H and O–H groups in total. The minimum absolute atomic E-state index is 0.578. The molecule has 1 fully saturated rings. The van der Waals surface area contributed by atoms with E-state index in [1.165, 1.54) is 19.3 Å². The maximum absolute atomic E-state index is 13.3. The highest BCUT2D eigenvalue weighted by atomic mass is 19.1. The van der Waals surface area contributed by atoms with Crippen molar-refractivity contribution in [2.75, 3.05) is 13.1 Å². The molecule has 2 heteroatoms. The highest BCUT2D eigenvalue weighted by Gasteiger charge is 2.25. The summed E-state index contributed by atoms with van der Waals surface area (Å²) in [5.74, 6) is 0. The molecule has 0 bridgehead atoms. The second kappa shape index (κ2) is 3.73. The van der Waals surface area contributed by atoms with E-state index in [9.17, 15) is 4.39 Å². The molecule has 0 saturated carbocycles. The predicted molar refractivity (Wildman–Crippen MR) is 50.1 cm³/mol. The van der Waals surface area contributed by atoms with Crippen LogP contribution < -0.4 is 0 Å². The smallest absolute Gasteiger partial charge is 0.118 e. The number of hydrogen-bond donors (Lipinski definition) is 0. The third-order valence-corrected chi connectivity index (χ3v) is 2.52. The Balaban J connectivity index is 2.39. The number of hydrogen-bond acceptors (Lipinski definition) is 1. The molecule has 1 atom stereocenters. The van der Waals surface area contributed by atoms with E-state index in [1.807, 2.05) is 0 Å². The van der Waals surface area contributed by atoms with Gasteiger partial charge in [0.1, 0.15) is 5.67 Å². The van der Waals surface area contributed by atoms with Crippen molar-refractivity contribution in [2.24, 2.45) is 0 Å². The first kappa shape index (κ1) is 9.97. The summed E-state index contributed by atoms with van der Waals surface area (Å²) in [6, 6.07) is 0.578. The number of piperidine rings is 1. The van der Waals surface area contributed by atoms with Gasteiger partial charge < -0.3 is 0 Å². The Morgan fingerprint density at radius 2 is 2.08 bits per heavy atom. The lowest BCUT2D eigenvalue weighted by Gasteiger charge is -2.36. The van der Waals surface area contributed by atoms with Crippen LogP contribution in [-0.2, 0) is 0 Å². The summed E-state index contributed by atoms with van der Waals surface area (Å²) in [7, 11) is 0. The quantitative estimate of drug-likeness (QED) is 0.620. The zero-order valence-corrected chi connectivity index (χ0v) is 8.44. The molecular weight excluding hydrogens is 153 g/mol. The van der Waals surface area contributed by atoms with E-state index in [-0.39, 0.29) is 0 Å². The number of halogens is 1. The summed E-state index contributed by atoms with van der Waals surface area (Å²) in [4.78, 5) is 2.27. The molecule has 72 valence electrons. The van der Waals surface area contributed by atoms with E-state index >= 15 is 0 Å². The number of likely N-dealkylation sites (tertiary alicyclic amines) is 1. The number of alkyl halides is 1. The lowest BCUT2D eigenvalue weighted by atomic mass is 10.0. The molecule has 1 rings (SSSR count). The van der Waals surface area contributed by atoms with E-state index in [0.717, 1.165) is 6.54 Å². The fourth-order valence-electron chi connectivity index (χ4n) is 1.88. The van der Waals surface area contributed by atoms with Crippen molar-refractivity contribution in [1.82, 2.24) is 4.90 Å². The first-order valence-electron chi connectivity index (χ1n) is 4.92. The topological polar surface area (TPSA) is 3.24 Å². The molecule has 0 unspecified atom stereocenters. The van der Waals surface area contributed by atoms with Gasteiger partial charge in [-0.2, -0.15) is 0 Å². The zero-order valence-electron chi connectivity index (χ0n) is 8.44. The lowest BCUT2D eigenvalue weighted by molar-refractivity contribution is 0.0775. The third-order valence-electron chi connectivity index (χ3n) is 2.52. The van der Waals surface area contributed by atoms with Crippen LogP contribution in [0, 0.1) is 0 Å². The van der Waals surface area contributed by atoms with Crippen molar-refractivity contribution in [1.29, 1.82) is 0 Å². The molecule has 0 spiro atoms. The highest BCUT2D eigenvalue weighted by molar-refractivity contribution is 4.79. The van der Waals surface area contributed by atoms with E-state index in [0.29, 0.717) is 12.6 Å². The maximum atomic E-state index is 13.3. The van der Waals surface area contributed by atoms with Gasteiger partial charge in [0.15, 0.2) is 0 Å². The third kappa shape index (κ3) is 3.10. The first-order chi connectivity index (χ1) is 5.49. The standard InChI is InChI=1S/C10H20FN/c1-9-6-4-5-7-12(9)8-10(2,3)11/h9H,4-8H2,1-3H3/t9-/m0/s1. The second-order valence-corrected chi connectivity index (χ2v) is 4.53. The predicted octanol–water partition coefficient (Wildman–Crippen LogP) is 2.61. The summed E-state index contributed by atoms with van der Waals surface area (Å²) in [5.41, 5.74) is -1.04. The van der Waals surface area contributed by atoms with Gasteiger partial charge in [0.25, 0.3) is 0 Å². The lowest BCUT2D eigenvalue weighted by Crippen LogP contribution is -2.44. The molecule has 0 amide bonds. The van der Waals surface area contributed by atoms with Crippen LogP contribution in [0.3, 0.4) is 0 Å². The van der Waals surface area contributed by atoms with Crippen molar-refractivity contribution in [3.05, 3.63) is 0 Å². The Morgan fingerprint density at radius 1 is 1.42 bits per heavy atom. The number of nitrogens with zero attached hydrogens (tertiary/aromatic N) is 1. The number of rotatable bonds is 2. The first-order valence-corrected chi connectivity index (χ1v) is 4.92. The SMILES string of the molecule is C[C@H]1CCCCN1CC(C)(C)F. The minimum atomic E-state index is -1.04. The maximum Gasteiger partial charge on any atom is 0.118 e. The summed E-state index contributed by atoms with van der Waals surface area (Å²) in [6.07, 6.45) is 3.78. The molecule has 1 nitrogen and oxygen atoms in total. The zero-order chi connectivity index (χ0) is 9.19. The summed E-state index contributed by atoms with van der Waals surface area (Å²) in [6.45, 7) is 7.19. The summed E-state index contributed by atoms with van der Waals surface area (Å²) >= 11 is 0. The average molecular weight is 173 g/mol. The molecule has 0 aliphatic carbocycles. The Bertz CT molecular complexity index is 139. The van der Waals surface area contributed by atoms with Crippen LogP contribution in [0.4, 0.5) is 4.39 Å². The molecular formula is C10H20FN. The van der Waals surface area contributed by atoms with E-state index in [1.54, 1.807) is 13.8 Å². The van der Waals surface area contributed by atoms with Crippen LogP contribution in [0.2, 0.25) is 0 Å². The van der Waals surface area contributed by atoms with Crippen LogP contribution in [0.5, 0.6) is 0 Å². The average Bonchev–Trinajstić information content (AvgIpc) is 1.91. The fraction of sp³-hybridized carbons (Fsp3) is 1.00. The van der Waals surface area contributed by atoms with Crippen LogP contribution in [0.25, 0.3) is 0 Å². The summed E-state index contributed by atoms with van der Waals surface area (Å²) in [5, 5.41) is 0. The van der Waals surface area contributed by atoms with Gasteiger partial charge in [-0.25, -0.2) is 4.39 Å². The van der Waals surface area contributed by atoms with Gasteiger partial charge in [0, 0.05) is 12.6 Å². The summed E-state index contributed by atoms with van der Waals surface area (Å²) < 4.78 is 13.3. The molecule has 1 heterocycles. The van der Waals surface area contributed by atoms with Gasteiger partial charge in [-0.05, 0) is 40.2 Å². The Hall–Kier alpha value is -0.110. The molecule has 1 aliphatic heterocycles. The Morgan fingerprint density at radius 3 is 2.58 bits per heavy atom. The van der Waals surface area contributed by atoms with Gasteiger partial charge in [0.2, 0.25) is 0 Å². The fourth-order valence-corrected chi connectivity index (χ4v) is 1.88. The molecule has 0 aromatic rings. The normalized spacial score (nSPS) is 27.5. The van der Waals surface area contributed by atoms with E-state index < -0.39 is 5.67 Å². The van der Waals surface area contributed by atoms with Gasteiger partial charge in [-0.15, -0.1) is 0 Å². The van der Waals surface area contributed by atoms with Gasteiger partial charge in [-0.1, -0.05) is 6.42 Å². The van der Waals surface area contributed by atoms with Crippen molar-refractivity contribution in [2.45, 2.75) is 51.7 Å². The van der Waals surface area contributed by atoms with Gasteiger partial charge >= 0.3 is 0 Å².